The summed E-state index contributed by atoms with van der Waals surface area (Å²) in [5, 5.41) is 0. The maximum Gasteiger partial charge on any atom is 0.666 e. The lowest BCUT2D eigenvalue weighted by Crippen LogP contribution is -2.63. The first kappa shape index (κ1) is 32.3. The molecule has 0 bridgehead atoms. The van der Waals surface area contributed by atoms with Crippen LogP contribution in [0.2, 0.25) is 0 Å². The molecule has 6 nitrogen and oxygen atoms in total. The summed E-state index contributed by atoms with van der Waals surface area (Å²) in [5.74, 6) is 0. The van der Waals surface area contributed by atoms with Crippen LogP contribution in [0.3, 0.4) is 0 Å². The Morgan fingerprint density at radius 1 is 0.842 bits per heavy atom. The van der Waals surface area contributed by atoms with Gasteiger partial charge in [0.05, 0.1) is 56.9 Å². The van der Waals surface area contributed by atoms with Crippen molar-refractivity contribution in [2.45, 2.75) is 68.2 Å². The molecule has 0 saturated carbocycles. The van der Waals surface area contributed by atoms with E-state index in [0.717, 1.165) is 61.1 Å². The molecule has 0 radical (unpaired) electrons. The van der Waals surface area contributed by atoms with E-state index in [-0.39, 0.29) is 0 Å². The molecule has 0 spiro atoms. The van der Waals surface area contributed by atoms with Crippen LogP contribution in [0.25, 0.3) is 6.08 Å². The Hall–Kier alpha value is -0.205. The molecule has 0 saturated heterocycles. The Kier molecular flexibility index (Phi) is 10.8. The molecule has 3 rings (SSSR count). The number of aromatic nitrogens is 1. The highest BCUT2D eigenvalue weighted by molar-refractivity contribution is 14.1. The fraction of sp³-hybridized carbons (Fsp3) is 0.690. The summed E-state index contributed by atoms with van der Waals surface area (Å²) in [6.07, 6.45) is 4.37. The minimum atomic E-state index is -1.96. The van der Waals surface area contributed by atoms with Gasteiger partial charge in [0.15, 0.2) is 5.70 Å². The second kappa shape index (κ2) is 12.8. The van der Waals surface area contributed by atoms with Crippen LogP contribution in [0.4, 0.5) is 0 Å². The Morgan fingerprint density at radius 2 is 1.32 bits per heavy atom. The van der Waals surface area contributed by atoms with Crippen LogP contribution < -0.4 is 0 Å². The summed E-state index contributed by atoms with van der Waals surface area (Å²) in [6, 6.07) is 0. The summed E-state index contributed by atoms with van der Waals surface area (Å²) in [5.41, 5.74) is 7.52. The third kappa shape index (κ3) is 5.89. The molecule has 1 aromatic heterocycles. The molecule has 38 heavy (non-hydrogen) atoms. The van der Waals surface area contributed by atoms with Crippen LogP contribution in [0.1, 0.15) is 71.3 Å². The number of hydrogen-bond donors (Lipinski definition) is 0. The van der Waals surface area contributed by atoms with E-state index in [4.69, 9.17) is 9.31 Å². The molecule has 214 valence electrons. The average molecular weight is 752 g/mol. The van der Waals surface area contributed by atoms with Crippen molar-refractivity contribution in [3.8, 4) is 0 Å². The number of halogens is 2. The van der Waals surface area contributed by atoms with Gasteiger partial charge in [-0.25, -0.2) is 0 Å². The predicted molar refractivity (Wildman–Crippen MR) is 179 cm³/mol. The first-order valence-electron chi connectivity index (χ1n) is 14.5. The van der Waals surface area contributed by atoms with E-state index in [9.17, 15) is 0 Å². The van der Waals surface area contributed by atoms with Gasteiger partial charge in [0, 0.05) is 53.9 Å². The fourth-order valence-corrected chi connectivity index (χ4v) is 7.01. The van der Waals surface area contributed by atoms with Crippen LogP contribution >= 0.6 is 45.2 Å². The third-order valence-corrected chi connectivity index (χ3v) is 12.8. The highest BCUT2D eigenvalue weighted by atomic mass is 127. The van der Waals surface area contributed by atoms with Crippen molar-refractivity contribution in [1.82, 2.24) is 4.48 Å². The minimum absolute atomic E-state index is 0.672. The van der Waals surface area contributed by atoms with Gasteiger partial charge < -0.3 is 27.2 Å². The van der Waals surface area contributed by atoms with Crippen molar-refractivity contribution in [3.05, 3.63) is 35.4 Å². The molecule has 2 aliphatic heterocycles. The topological polar surface area (TPSA) is 26.4 Å². The molecule has 0 N–H and O–H groups in total. The maximum absolute atomic E-state index is 7.12. The van der Waals surface area contributed by atoms with Gasteiger partial charge in [-0.3, -0.25) is 0 Å². The molecule has 0 amide bonds. The summed E-state index contributed by atoms with van der Waals surface area (Å²) in [4.78, 5) is 0. The van der Waals surface area contributed by atoms with E-state index >= 15 is 0 Å². The average Bonchev–Trinajstić information content (AvgIpc) is 3.28. The van der Waals surface area contributed by atoms with Crippen LogP contribution in [0, 0.1) is 17.4 Å². The lowest BCUT2D eigenvalue weighted by Gasteiger charge is -2.42. The van der Waals surface area contributed by atoms with Crippen molar-refractivity contribution in [2.75, 3.05) is 66.6 Å². The van der Waals surface area contributed by atoms with Crippen LogP contribution in [0.15, 0.2) is 14.8 Å². The van der Waals surface area contributed by atoms with Gasteiger partial charge in [0.25, 0.3) is 0 Å². The summed E-state index contributed by atoms with van der Waals surface area (Å²) < 4.78 is 23.8. The number of quaternary nitrogens is 2. The number of rotatable bonds is 14. The SMILES string of the molecule is CC[N+](C)(CC)CCCO[B-]1(OCCC[N+](C)(CC)CC)n2c(C)c(I)c(C)c2C=C2C(C)=C(I)C(C)=[N+]21. The quantitative estimate of drug-likeness (QED) is 0.0963. The highest BCUT2D eigenvalue weighted by Gasteiger charge is 2.56. The van der Waals surface area contributed by atoms with Gasteiger partial charge in [-0.05, 0) is 105 Å². The van der Waals surface area contributed by atoms with E-state index in [1.165, 1.54) is 41.1 Å². The van der Waals surface area contributed by atoms with Gasteiger partial charge in [-0.1, -0.05) is 0 Å². The molecule has 0 fully saturated rings. The Morgan fingerprint density at radius 3 is 1.76 bits per heavy atom. The van der Waals surface area contributed by atoms with Crippen LogP contribution in [0.5, 0.6) is 0 Å². The number of allylic oxidation sites excluding steroid dienone is 2. The van der Waals surface area contributed by atoms with Gasteiger partial charge >= 0.3 is 6.82 Å². The van der Waals surface area contributed by atoms with Crippen molar-refractivity contribution < 1.29 is 22.8 Å². The Bertz CT molecular complexity index is 1100. The zero-order valence-electron chi connectivity index (χ0n) is 25.6. The second-order valence-electron chi connectivity index (χ2n) is 11.7. The lowest BCUT2D eigenvalue weighted by molar-refractivity contribution is -0.906. The molecular weight excluding hydrogens is 701 g/mol. The molecule has 1 aromatic rings. The van der Waals surface area contributed by atoms with Crippen molar-refractivity contribution >= 4 is 63.8 Å². The van der Waals surface area contributed by atoms with Gasteiger partial charge in [-0.15, -0.1) is 0 Å². The van der Waals surface area contributed by atoms with E-state index < -0.39 is 6.82 Å². The molecule has 2 aliphatic rings. The highest BCUT2D eigenvalue weighted by Crippen LogP contribution is 2.41. The van der Waals surface area contributed by atoms with E-state index in [0.29, 0.717) is 13.2 Å². The smallest absolute Gasteiger partial charge is 0.483 e. The second-order valence-corrected chi connectivity index (χ2v) is 13.9. The first-order valence-corrected chi connectivity index (χ1v) is 16.7. The zero-order chi connectivity index (χ0) is 28.5. The van der Waals surface area contributed by atoms with Gasteiger partial charge in [0.2, 0.25) is 0 Å². The Labute approximate surface area is 259 Å². The zero-order valence-corrected chi connectivity index (χ0v) is 29.9. The molecular formula is C29H51BI2N4O2+2. The molecule has 0 aliphatic carbocycles. The van der Waals surface area contributed by atoms with E-state index in [1.807, 2.05) is 0 Å². The predicted octanol–water partition coefficient (Wildman–Crippen LogP) is 6.33. The number of nitrogens with zero attached hydrogens (tertiary/aromatic N) is 4. The number of hydrogen-bond acceptors (Lipinski definition) is 2. The largest absolute Gasteiger partial charge is 0.666 e. The summed E-state index contributed by atoms with van der Waals surface area (Å²) >= 11 is 5.00. The minimum Gasteiger partial charge on any atom is -0.483 e. The van der Waals surface area contributed by atoms with Crippen molar-refractivity contribution in [3.63, 3.8) is 0 Å². The Balaban J connectivity index is 2.05. The number of fused-ring (bicyclic) bond motifs is 2. The van der Waals surface area contributed by atoms with Crippen LogP contribution in [-0.4, -0.2) is 97.0 Å². The molecule has 0 aromatic carbocycles. The monoisotopic (exact) mass is 752 g/mol. The fourth-order valence-electron chi connectivity index (χ4n) is 5.94. The van der Waals surface area contributed by atoms with Gasteiger partial charge in [-0.2, -0.15) is 0 Å². The van der Waals surface area contributed by atoms with Gasteiger partial charge in [0.1, 0.15) is 5.71 Å². The molecule has 0 atom stereocenters. The van der Waals surface area contributed by atoms with Crippen molar-refractivity contribution in [2.24, 2.45) is 0 Å². The van der Waals surface area contributed by atoms with Crippen molar-refractivity contribution in [1.29, 1.82) is 0 Å². The maximum atomic E-state index is 7.12. The molecule has 3 heterocycles. The first-order chi connectivity index (χ1) is 17.8. The van der Waals surface area contributed by atoms with Crippen LogP contribution in [-0.2, 0) is 9.31 Å². The van der Waals surface area contributed by atoms with E-state index in [2.05, 4.69) is 130 Å². The standard InChI is InChI=1S/C29H51BI2N4O2/c1-11-35(9,12-2)17-15-19-37-30(38-20-16-18-36(10,13-3)14-4)33-24(7)28(31)22(5)26(33)21-27-23(6)29(32)25(8)34(27)30/h21H,11-20H2,1-10H3/q+2. The lowest BCUT2D eigenvalue weighted by atomic mass is 9.81. The molecule has 9 heteroatoms. The summed E-state index contributed by atoms with van der Waals surface area (Å²) in [6.45, 7) is 24.2. The van der Waals surface area contributed by atoms with E-state index in [1.54, 1.807) is 0 Å². The normalized spacial score (nSPS) is 17.3. The summed E-state index contributed by atoms with van der Waals surface area (Å²) in [7, 11) is 4.70. The molecule has 0 unspecified atom stereocenters. The third-order valence-electron chi connectivity index (χ3n) is 9.64.